The molecule has 2 aliphatic heterocycles. The van der Waals surface area contributed by atoms with Crippen LogP contribution < -0.4 is 24.8 Å². The first-order valence-electron chi connectivity index (χ1n) is 18.4. The fourth-order valence-electron chi connectivity index (χ4n) is 7.57. The molecule has 2 aliphatic carbocycles. The Bertz CT molecular complexity index is 2060. The number of methoxy groups -OCH3 is 1. The molecule has 15 nitrogen and oxygen atoms in total. The number of hydrogen-bond donors (Lipinski definition) is 4. The first kappa shape index (κ1) is 40.9. The van der Waals surface area contributed by atoms with Gasteiger partial charge in [-0.1, -0.05) is 32.4 Å². The van der Waals surface area contributed by atoms with Gasteiger partial charge in [0.15, 0.2) is 11.6 Å². The van der Waals surface area contributed by atoms with Crippen LogP contribution in [0.25, 0.3) is 11.0 Å². The third kappa shape index (κ3) is 8.06. The minimum atomic E-state index is -5.14. The maximum Gasteiger partial charge on any atom is 0.438 e. The number of nitrogens with zero attached hydrogens (tertiary/aromatic N) is 3. The van der Waals surface area contributed by atoms with Crippen molar-refractivity contribution in [1.29, 1.82) is 0 Å². The summed E-state index contributed by atoms with van der Waals surface area (Å²) < 4.78 is 95.4. The van der Waals surface area contributed by atoms with Crippen molar-refractivity contribution in [3.8, 4) is 11.6 Å². The zero-order valence-electron chi connectivity index (χ0n) is 31.1. The smallest absolute Gasteiger partial charge is 0.438 e. The van der Waals surface area contributed by atoms with Crippen molar-refractivity contribution in [3.63, 3.8) is 0 Å². The number of benzene rings is 1. The molecule has 2 saturated carbocycles. The van der Waals surface area contributed by atoms with Crippen LogP contribution in [0.5, 0.6) is 11.6 Å². The average molecular weight is 813 g/mol. The Balaban J connectivity index is 1.39. The predicted molar refractivity (Wildman–Crippen MR) is 190 cm³/mol. The van der Waals surface area contributed by atoms with Crippen molar-refractivity contribution in [3.05, 3.63) is 35.8 Å². The van der Waals surface area contributed by atoms with Gasteiger partial charge in [0.05, 0.1) is 29.4 Å². The van der Waals surface area contributed by atoms with Crippen LogP contribution in [0.1, 0.15) is 77.8 Å². The van der Waals surface area contributed by atoms with Gasteiger partial charge in [0.25, 0.3) is 5.91 Å². The molecule has 20 heteroatoms. The van der Waals surface area contributed by atoms with E-state index in [0.29, 0.717) is 38.5 Å². The van der Waals surface area contributed by atoms with Gasteiger partial charge in [-0.05, 0) is 57.3 Å². The second kappa shape index (κ2) is 15.0. The fraction of sp³-hybridized carbons (Fsp3) is 0.611. The topological polar surface area (TPSA) is 206 Å². The number of carboxylic acid groups (broad SMARTS) is 1. The zero-order valence-corrected chi connectivity index (χ0v) is 31.9. The van der Waals surface area contributed by atoms with Crippen molar-refractivity contribution >= 4 is 44.9 Å². The predicted octanol–water partition coefficient (Wildman–Crippen LogP) is 4.06. The quantitative estimate of drug-likeness (QED) is 0.221. The molecule has 4 aliphatic rings. The van der Waals surface area contributed by atoms with Crippen LogP contribution in [-0.4, -0.2) is 94.3 Å². The van der Waals surface area contributed by atoms with Crippen molar-refractivity contribution in [1.82, 2.24) is 30.2 Å². The SMILES string of the molecule is CC[C@@H]1C[C@H](C)CC/C=C\[C@@H]2C[C@@]2(C(=O)NS(=O)(=O)C2(C)CC2)NC(=O)[C@@H]2C[C@@H](Oc3nc4cc(OC)c(F)cc4nc3C(F)(F)F)CN2C(=O)[C@H]1NC(=O)O. The van der Waals surface area contributed by atoms with Crippen LogP contribution >= 0.6 is 0 Å². The minimum absolute atomic E-state index is 0.0121. The lowest BCUT2D eigenvalue weighted by Gasteiger charge is -2.33. The van der Waals surface area contributed by atoms with Gasteiger partial charge in [-0.3, -0.25) is 19.1 Å². The van der Waals surface area contributed by atoms with Crippen LogP contribution in [0.3, 0.4) is 0 Å². The number of rotatable bonds is 8. The molecule has 0 radical (unpaired) electrons. The standard InChI is InChI=1S/C36H44F4N6O9S/c1-5-19-12-18(2)8-6-7-9-20-16-35(20,32(49)45-56(52,53)34(3)10-11-34)44-29(47)25-13-21(17-46(25)31(48)27(19)43-33(50)51)55-30-28(36(38,39)40)41-23-14-22(37)26(54-4)15-24(23)42-30/h7,9,14-15,18-21,25,27,43H,5-6,8,10-13,16-17H2,1-4H3,(H,44,47)(H,45,49)(H,50,51)/b9-7-/t18-,19-,20-,21-,25+,27+,35-/m1/s1. The van der Waals surface area contributed by atoms with Gasteiger partial charge >= 0.3 is 12.3 Å². The Hall–Kier alpha value is -4.75. The summed E-state index contributed by atoms with van der Waals surface area (Å²) >= 11 is 0. The van der Waals surface area contributed by atoms with Crippen LogP contribution in [0.4, 0.5) is 22.4 Å². The van der Waals surface area contributed by atoms with Crippen LogP contribution in [-0.2, 0) is 30.6 Å². The van der Waals surface area contributed by atoms with E-state index in [9.17, 15) is 50.3 Å². The number of alkyl halides is 3. The van der Waals surface area contributed by atoms with E-state index in [2.05, 4.69) is 25.3 Å². The summed E-state index contributed by atoms with van der Waals surface area (Å²) in [4.78, 5) is 63.2. The summed E-state index contributed by atoms with van der Waals surface area (Å²) in [5.74, 6) is -6.27. The number of halogens is 4. The number of fused-ring (bicyclic) bond motifs is 3. The van der Waals surface area contributed by atoms with E-state index >= 15 is 0 Å². The van der Waals surface area contributed by atoms with Gasteiger partial charge in [-0.2, -0.15) is 13.2 Å². The lowest BCUT2D eigenvalue weighted by molar-refractivity contribution is -0.143. The summed E-state index contributed by atoms with van der Waals surface area (Å²) in [5, 5.41) is 14.8. The Labute approximate surface area is 320 Å². The fourth-order valence-corrected chi connectivity index (χ4v) is 8.88. The number of carbonyl (C=O) groups is 4. The van der Waals surface area contributed by atoms with E-state index in [0.717, 1.165) is 24.1 Å². The summed E-state index contributed by atoms with van der Waals surface area (Å²) in [6.07, 6.45) is -2.27. The molecule has 4 N–H and O–H groups in total. The summed E-state index contributed by atoms with van der Waals surface area (Å²) in [5.41, 5.74) is -4.01. The highest BCUT2D eigenvalue weighted by Crippen LogP contribution is 2.48. The highest BCUT2D eigenvalue weighted by molar-refractivity contribution is 7.91. The molecule has 1 aromatic heterocycles. The maximum atomic E-state index is 14.5. The second-order valence-corrected chi connectivity index (χ2v) is 17.6. The third-order valence-electron chi connectivity index (χ3n) is 11.3. The van der Waals surface area contributed by atoms with E-state index in [4.69, 9.17) is 9.47 Å². The molecule has 3 fully saturated rings. The van der Waals surface area contributed by atoms with Crippen molar-refractivity contribution in [2.45, 2.75) is 107 Å². The van der Waals surface area contributed by atoms with Crippen LogP contribution in [0.15, 0.2) is 24.3 Å². The normalized spacial score (nSPS) is 29.8. The second-order valence-electron chi connectivity index (χ2n) is 15.4. The van der Waals surface area contributed by atoms with Gasteiger partial charge in [-0.15, -0.1) is 0 Å². The maximum absolute atomic E-state index is 14.5. The molecule has 3 heterocycles. The average Bonchev–Trinajstić information content (AvgIpc) is 4.00. The van der Waals surface area contributed by atoms with Crippen molar-refractivity contribution in [2.75, 3.05) is 13.7 Å². The number of sulfonamides is 1. The van der Waals surface area contributed by atoms with Gasteiger partial charge in [-0.25, -0.2) is 27.6 Å². The number of nitrogens with one attached hydrogen (secondary N) is 3. The first-order valence-corrected chi connectivity index (χ1v) is 19.8. The summed E-state index contributed by atoms with van der Waals surface area (Å²) in [6, 6.07) is -1.14. The highest BCUT2D eigenvalue weighted by atomic mass is 32.2. The van der Waals surface area contributed by atoms with Gasteiger partial charge in [0.1, 0.15) is 23.7 Å². The monoisotopic (exact) mass is 812 g/mol. The molecule has 0 bridgehead atoms. The molecule has 6 rings (SSSR count). The number of hydrogen-bond acceptors (Lipinski definition) is 10. The van der Waals surface area contributed by atoms with E-state index in [1.165, 1.54) is 6.92 Å². The van der Waals surface area contributed by atoms with E-state index in [1.807, 2.05) is 13.0 Å². The van der Waals surface area contributed by atoms with Crippen molar-refractivity contribution in [2.24, 2.45) is 17.8 Å². The molecule has 0 unspecified atom stereocenters. The first-order chi connectivity index (χ1) is 26.2. The lowest BCUT2D eigenvalue weighted by atomic mass is 9.85. The molecule has 306 valence electrons. The molecule has 0 spiro atoms. The third-order valence-corrected chi connectivity index (χ3v) is 13.5. The lowest BCUT2D eigenvalue weighted by Crippen LogP contribution is -2.59. The van der Waals surface area contributed by atoms with Crippen molar-refractivity contribution < 1.29 is 59.7 Å². The minimum Gasteiger partial charge on any atom is -0.494 e. The number of aromatic nitrogens is 2. The number of amides is 4. The molecule has 4 amide bonds. The van der Waals surface area contributed by atoms with Crippen LogP contribution in [0, 0.1) is 23.6 Å². The van der Waals surface area contributed by atoms with Crippen LogP contribution in [0.2, 0.25) is 0 Å². The Morgan fingerprint density at radius 2 is 1.84 bits per heavy atom. The molecule has 1 saturated heterocycles. The Morgan fingerprint density at radius 1 is 1.14 bits per heavy atom. The van der Waals surface area contributed by atoms with E-state index in [1.54, 1.807) is 13.0 Å². The van der Waals surface area contributed by atoms with Gasteiger partial charge in [0, 0.05) is 24.5 Å². The van der Waals surface area contributed by atoms with Gasteiger partial charge in [0.2, 0.25) is 33.4 Å². The number of allylic oxidation sites excluding steroid dienone is 1. The summed E-state index contributed by atoms with van der Waals surface area (Å²) in [7, 11) is -2.98. The highest BCUT2D eigenvalue weighted by Gasteiger charge is 2.63. The number of ether oxygens (including phenoxy) is 2. The molecule has 2 aromatic rings. The Morgan fingerprint density at radius 3 is 2.46 bits per heavy atom. The molecule has 7 atom stereocenters. The largest absolute Gasteiger partial charge is 0.494 e. The Kier molecular flexibility index (Phi) is 10.9. The zero-order chi connectivity index (χ0) is 41.0. The molecule has 1 aromatic carbocycles. The van der Waals surface area contributed by atoms with E-state index < -0.39 is 116 Å². The number of carbonyl (C=O) groups excluding carboxylic acids is 3. The van der Waals surface area contributed by atoms with E-state index in [-0.39, 0.29) is 23.6 Å². The molecular formula is C36H44F4N6O9S. The van der Waals surface area contributed by atoms with Gasteiger partial charge < -0.3 is 30.1 Å². The summed E-state index contributed by atoms with van der Waals surface area (Å²) in [6.45, 7) is 4.70. The molecule has 56 heavy (non-hydrogen) atoms. The molecular weight excluding hydrogens is 768 g/mol.